The summed E-state index contributed by atoms with van der Waals surface area (Å²) in [6, 6.07) is 19.4. The van der Waals surface area contributed by atoms with Gasteiger partial charge in [0.15, 0.2) is 11.5 Å². The topological polar surface area (TPSA) is 68.3 Å². The van der Waals surface area contributed by atoms with Gasteiger partial charge >= 0.3 is 0 Å². The maximum atomic E-state index is 13.2. The number of likely N-dealkylation sites (tertiary alicyclic amines) is 1. The molecule has 0 saturated carbocycles. The zero-order chi connectivity index (χ0) is 23.1. The van der Waals surface area contributed by atoms with Gasteiger partial charge in [0.2, 0.25) is 0 Å². The molecule has 3 aromatic carbocycles. The third-order valence-corrected chi connectivity index (χ3v) is 6.40. The number of hydrogen-bond acceptors (Lipinski definition) is 6. The molecule has 172 valence electrons. The number of hydrogen-bond donors (Lipinski definition) is 0. The van der Waals surface area contributed by atoms with E-state index < -0.39 is 0 Å². The van der Waals surface area contributed by atoms with Crippen molar-refractivity contribution in [1.29, 1.82) is 0 Å². The van der Waals surface area contributed by atoms with Crippen LogP contribution in [0.5, 0.6) is 23.0 Å². The van der Waals surface area contributed by atoms with E-state index in [9.17, 15) is 9.59 Å². The van der Waals surface area contributed by atoms with E-state index in [1.54, 1.807) is 36.4 Å². The Bertz CT molecular complexity index is 1250. The first-order valence-corrected chi connectivity index (χ1v) is 11.6. The molecule has 1 saturated heterocycles. The predicted molar refractivity (Wildman–Crippen MR) is 126 cm³/mol. The van der Waals surface area contributed by atoms with Crippen molar-refractivity contribution >= 4 is 17.5 Å². The Morgan fingerprint density at radius 3 is 2.44 bits per heavy atom. The Balaban J connectivity index is 1.21. The van der Waals surface area contributed by atoms with Crippen molar-refractivity contribution in [2.45, 2.75) is 18.9 Å². The van der Waals surface area contributed by atoms with Crippen molar-refractivity contribution in [2.75, 3.05) is 31.1 Å². The second kappa shape index (κ2) is 8.50. The summed E-state index contributed by atoms with van der Waals surface area (Å²) in [4.78, 5) is 29.8. The van der Waals surface area contributed by atoms with Crippen molar-refractivity contribution in [3.8, 4) is 23.0 Å². The summed E-state index contributed by atoms with van der Waals surface area (Å²) < 4.78 is 17.9. The van der Waals surface area contributed by atoms with Crippen LogP contribution in [0.25, 0.3) is 0 Å². The SMILES string of the molecule is O=C1c2ccc(Oc3ccccc3)cc2C(=O)N1c1ccc2c(c1)OCC(CN1CCCC1)O2. The molecule has 3 heterocycles. The van der Waals surface area contributed by atoms with E-state index in [0.29, 0.717) is 46.4 Å². The molecule has 1 fully saturated rings. The molecule has 0 spiro atoms. The van der Waals surface area contributed by atoms with Gasteiger partial charge in [-0.3, -0.25) is 14.5 Å². The minimum absolute atomic E-state index is 0.0289. The number of para-hydroxylation sites is 1. The molecule has 0 bridgehead atoms. The molecule has 3 aliphatic heterocycles. The number of imide groups is 1. The number of nitrogens with zero attached hydrogens (tertiary/aromatic N) is 2. The van der Waals surface area contributed by atoms with Crippen LogP contribution in [0.1, 0.15) is 33.6 Å². The standard InChI is InChI=1S/C27H24N2O5/c30-26-22-10-9-20(33-19-6-2-1-3-7-19)15-23(22)27(31)29(26)18-8-11-24-25(14-18)32-17-21(34-24)16-28-12-4-5-13-28/h1-3,6-11,14-15,21H,4-5,12-13,16-17H2. The van der Waals surface area contributed by atoms with Gasteiger partial charge in [-0.05, 0) is 68.4 Å². The second-order valence-electron chi connectivity index (χ2n) is 8.76. The fourth-order valence-corrected chi connectivity index (χ4v) is 4.73. The van der Waals surface area contributed by atoms with Crippen LogP contribution in [-0.4, -0.2) is 49.1 Å². The van der Waals surface area contributed by atoms with Crippen LogP contribution in [0.3, 0.4) is 0 Å². The van der Waals surface area contributed by atoms with Crippen LogP contribution < -0.4 is 19.1 Å². The first-order chi connectivity index (χ1) is 16.7. The Morgan fingerprint density at radius 2 is 1.62 bits per heavy atom. The van der Waals surface area contributed by atoms with Gasteiger partial charge in [-0.15, -0.1) is 0 Å². The van der Waals surface area contributed by atoms with Crippen molar-refractivity contribution in [1.82, 2.24) is 4.90 Å². The van der Waals surface area contributed by atoms with E-state index in [0.717, 1.165) is 19.6 Å². The third-order valence-electron chi connectivity index (χ3n) is 6.40. The molecular weight excluding hydrogens is 432 g/mol. The van der Waals surface area contributed by atoms with Gasteiger partial charge in [-0.2, -0.15) is 0 Å². The zero-order valence-corrected chi connectivity index (χ0v) is 18.6. The van der Waals surface area contributed by atoms with Gasteiger partial charge in [-0.1, -0.05) is 18.2 Å². The van der Waals surface area contributed by atoms with Crippen molar-refractivity contribution in [3.63, 3.8) is 0 Å². The lowest BCUT2D eigenvalue weighted by Crippen LogP contribution is -2.40. The fourth-order valence-electron chi connectivity index (χ4n) is 4.73. The Labute approximate surface area is 197 Å². The van der Waals surface area contributed by atoms with Crippen LogP contribution in [-0.2, 0) is 0 Å². The van der Waals surface area contributed by atoms with E-state index in [2.05, 4.69) is 4.90 Å². The van der Waals surface area contributed by atoms with Crippen LogP contribution >= 0.6 is 0 Å². The smallest absolute Gasteiger partial charge is 0.266 e. The van der Waals surface area contributed by atoms with Gasteiger partial charge in [-0.25, -0.2) is 4.90 Å². The molecule has 1 unspecified atom stereocenters. The van der Waals surface area contributed by atoms with E-state index in [1.165, 1.54) is 17.7 Å². The van der Waals surface area contributed by atoms with Crippen LogP contribution in [0, 0.1) is 0 Å². The average molecular weight is 456 g/mol. The van der Waals surface area contributed by atoms with Crippen LogP contribution in [0.15, 0.2) is 66.7 Å². The van der Waals surface area contributed by atoms with Crippen molar-refractivity contribution in [3.05, 3.63) is 77.9 Å². The molecular formula is C27H24N2O5. The summed E-state index contributed by atoms with van der Waals surface area (Å²) in [6.45, 7) is 3.48. The lowest BCUT2D eigenvalue weighted by Gasteiger charge is -2.30. The second-order valence-corrected chi connectivity index (χ2v) is 8.76. The molecule has 7 nitrogen and oxygen atoms in total. The number of fused-ring (bicyclic) bond motifs is 2. The molecule has 2 amide bonds. The van der Waals surface area contributed by atoms with Crippen molar-refractivity contribution < 1.29 is 23.8 Å². The summed E-state index contributed by atoms with van der Waals surface area (Å²) in [7, 11) is 0. The summed E-state index contributed by atoms with van der Waals surface area (Å²) in [5.41, 5.74) is 1.13. The Hall–Kier alpha value is -3.84. The highest BCUT2D eigenvalue weighted by Gasteiger charge is 2.38. The highest BCUT2D eigenvalue weighted by Crippen LogP contribution is 2.39. The molecule has 0 aromatic heterocycles. The molecule has 3 aliphatic rings. The summed E-state index contributed by atoms with van der Waals surface area (Å²) in [5, 5.41) is 0. The van der Waals surface area contributed by atoms with E-state index >= 15 is 0 Å². The van der Waals surface area contributed by atoms with Crippen LogP contribution in [0.4, 0.5) is 5.69 Å². The van der Waals surface area contributed by atoms with Crippen molar-refractivity contribution in [2.24, 2.45) is 0 Å². The molecule has 6 rings (SSSR count). The number of rotatable bonds is 5. The number of amides is 2. The first-order valence-electron chi connectivity index (χ1n) is 11.6. The third kappa shape index (κ3) is 3.78. The largest absolute Gasteiger partial charge is 0.486 e. The normalized spacial score (nSPS) is 19.4. The minimum atomic E-state index is -0.387. The maximum absolute atomic E-state index is 13.2. The summed E-state index contributed by atoms with van der Waals surface area (Å²) >= 11 is 0. The molecule has 0 radical (unpaired) electrons. The minimum Gasteiger partial charge on any atom is -0.486 e. The number of carbonyl (C=O) groups is 2. The number of anilines is 1. The molecule has 34 heavy (non-hydrogen) atoms. The molecule has 3 aromatic rings. The Morgan fingerprint density at radius 1 is 0.824 bits per heavy atom. The Kier molecular flexibility index (Phi) is 5.19. The fraction of sp³-hybridized carbons (Fsp3) is 0.259. The molecule has 7 heteroatoms. The predicted octanol–water partition coefficient (Wildman–Crippen LogP) is 4.52. The monoisotopic (exact) mass is 456 g/mol. The number of carbonyl (C=O) groups excluding carboxylic acids is 2. The van der Waals surface area contributed by atoms with Crippen LogP contribution in [0.2, 0.25) is 0 Å². The highest BCUT2D eigenvalue weighted by atomic mass is 16.6. The maximum Gasteiger partial charge on any atom is 0.266 e. The van der Waals surface area contributed by atoms with Gasteiger partial charge in [0.25, 0.3) is 11.8 Å². The van der Waals surface area contributed by atoms with Gasteiger partial charge < -0.3 is 14.2 Å². The van der Waals surface area contributed by atoms with Gasteiger partial charge in [0.05, 0.1) is 16.8 Å². The van der Waals surface area contributed by atoms with Gasteiger partial charge in [0, 0.05) is 12.6 Å². The average Bonchev–Trinajstić information content (AvgIpc) is 3.45. The lowest BCUT2D eigenvalue weighted by atomic mass is 10.1. The highest BCUT2D eigenvalue weighted by molar-refractivity contribution is 6.34. The van der Waals surface area contributed by atoms with E-state index in [-0.39, 0.29) is 17.9 Å². The lowest BCUT2D eigenvalue weighted by molar-refractivity contribution is 0.0650. The van der Waals surface area contributed by atoms with Gasteiger partial charge in [0.1, 0.15) is 24.2 Å². The summed E-state index contributed by atoms with van der Waals surface area (Å²) in [5.74, 6) is 1.58. The zero-order valence-electron chi connectivity index (χ0n) is 18.6. The molecule has 1 atom stereocenters. The molecule has 0 N–H and O–H groups in total. The molecule has 0 aliphatic carbocycles. The number of ether oxygens (including phenoxy) is 3. The quantitative estimate of drug-likeness (QED) is 0.526. The van der Waals surface area contributed by atoms with E-state index in [1.807, 2.05) is 30.3 Å². The first kappa shape index (κ1) is 20.7. The number of benzene rings is 3. The van der Waals surface area contributed by atoms with E-state index in [4.69, 9.17) is 14.2 Å². The summed E-state index contributed by atoms with van der Waals surface area (Å²) in [6.07, 6.45) is 2.43.